The predicted octanol–water partition coefficient (Wildman–Crippen LogP) is 1.12. The number of esters is 1. The standard InChI is InChI=1S/C13H17FN2O4S/c1-20-13(17)12-4-2-3-7-16(12)21(18,19)9-5-6-10(14)11(15)8-9/h5-6,8,12H,2-4,7,15H2,1H3. The van der Waals surface area contributed by atoms with Crippen LogP contribution in [-0.4, -0.2) is 38.4 Å². The first kappa shape index (κ1) is 15.7. The van der Waals surface area contributed by atoms with E-state index in [1.807, 2.05) is 0 Å². The van der Waals surface area contributed by atoms with Crippen molar-refractivity contribution in [2.45, 2.75) is 30.2 Å². The number of hydrogen-bond acceptors (Lipinski definition) is 5. The Morgan fingerprint density at radius 2 is 2.14 bits per heavy atom. The van der Waals surface area contributed by atoms with E-state index in [0.717, 1.165) is 28.9 Å². The fourth-order valence-corrected chi connectivity index (χ4v) is 4.06. The van der Waals surface area contributed by atoms with Crippen LogP contribution in [0.3, 0.4) is 0 Å². The molecule has 1 heterocycles. The first-order chi connectivity index (χ1) is 9.87. The zero-order valence-electron chi connectivity index (χ0n) is 11.6. The molecule has 2 rings (SSSR count). The van der Waals surface area contributed by atoms with Crippen molar-refractivity contribution in [1.82, 2.24) is 4.31 Å². The monoisotopic (exact) mass is 316 g/mol. The summed E-state index contributed by atoms with van der Waals surface area (Å²) in [6, 6.07) is 2.36. The average Bonchev–Trinajstić information content (AvgIpc) is 2.49. The Balaban J connectivity index is 2.40. The molecular formula is C13H17FN2O4S. The number of nitrogens with zero attached hydrogens (tertiary/aromatic N) is 1. The van der Waals surface area contributed by atoms with Crippen molar-refractivity contribution in [3.8, 4) is 0 Å². The third kappa shape index (κ3) is 3.01. The van der Waals surface area contributed by atoms with Gasteiger partial charge in [-0.25, -0.2) is 12.8 Å². The summed E-state index contributed by atoms with van der Waals surface area (Å²) >= 11 is 0. The van der Waals surface area contributed by atoms with Crippen molar-refractivity contribution in [1.29, 1.82) is 0 Å². The Labute approximate surface area is 122 Å². The van der Waals surface area contributed by atoms with Gasteiger partial charge in [0, 0.05) is 6.54 Å². The number of nitrogen functional groups attached to an aromatic ring is 1. The highest BCUT2D eigenvalue weighted by atomic mass is 32.2. The number of rotatable bonds is 3. The molecular weight excluding hydrogens is 299 g/mol. The van der Waals surface area contributed by atoms with E-state index in [-0.39, 0.29) is 17.1 Å². The van der Waals surface area contributed by atoms with Crippen LogP contribution >= 0.6 is 0 Å². The van der Waals surface area contributed by atoms with Gasteiger partial charge in [-0.1, -0.05) is 0 Å². The minimum atomic E-state index is -3.92. The molecule has 1 aromatic rings. The number of methoxy groups -OCH3 is 1. The summed E-state index contributed by atoms with van der Waals surface area (Å²) in [6.45, 7) is 0.222. The molecule has 116 valence electrons. The van der Waals surface area contributed by atoms with Crippen molar-refractivity contribution < 1.29 is 22.3 Å². The van der Waals surface area contributed by atoms with Crippen LogP contribution in [0.25, 0.3) is 0 Å². The molecule has 0 radical (unpaired) electrons. The normalized spacial score (nSPS) is 20.2. The molecule has 0 aromatic heterocycles. The molecule has 8 heteroatoms. The van der Waals surface area contributed by atoms with Gasteiger partial charge >= 0.3 is 5.97 Å². The minimum absolute atomic E-state index is 0.128. The van der Waals surface area contributed by atoms with E-state index in [2.05, 4.69) is 4.74 Å². The lowest BCUT2D eigenvalue weighted by atomic mass is 10.1. The highest BCUT2D eigenvalue weighted by molar-refractivity contribution is 7.89. The average molecular weight is 316 g/mol. The van der Waals surface area contributed by atoms with E-state index in [1.54, 1.807) is 0 Å². The molecule has 0 spiro atoms. The number of halogens is 1. The maximum Gasteiger partial charge on any atom is 0.324 e. The number of hydrogen-bond donors (Lipinski definition) is 1. The zero-order valence-corrected chi connectivity index (χ0v) is 12.4. The fraction of sp³-hybridized carbons (Fsp3) is 0.462. The minimum Gasteiger partial charge on any atom is -0.468 e. The summed E-state index contributed by atoms with van der Waals surface area (Å²) in [5.74, 6) is -1.27. The number of anilines is 1. The quantitative estimate of drug-likeness (QED) is 0.667. The van der Waals surface area contributed by atoms with Gasteiger partial charge in [0.25, 0.3) is 0 Å². The Morgan fingerprint density at radius 1 is 1.43 bits per heavy atom. The molecule has 1 fully saturated rings. The highest BCUT2D eigenvalue weighted by Gasteiger charge is 2.38. The molecule has 0 aliphatic carbocycles. The summed E-state index contributed by atoms with van der Waals surface area (Å²) in [7, 11) is -2.70. The lowest BCUT2D eigenvalue weighted by molar-refractivity contribution is -0.146. The fourth-order valence-electron chi connectivity index (χ4n) is 2.38. The summed E-state index contributed by atoms with van der Waals surface area (Å²) in [5, 5.41) is 0. The zero-order chi connectivity index (χ0) is 15.6. The van der Waals surface area contributed by atoms with E-state index in [0.29, 0.717) is 12.8 Å². The van der Waals surface area contributed by atoms with Crippen LogP contribution in [0.4, 0.5) is 10.1 Å². The molecule has 1 saturated heterocycles. The first-order valence-corrected chi connectivity index (χ1v) is 7.96. The van der Waals surface area contributed by atoms with Gasteiger partial charge in [0.05, 0.1) is 17.7 Å². The van der Waals surface area contributed by atoms with Crippen LogP contribution in [-0.2, 0) is 19.6 Å². The number of carbonyl (C=O) groups is 1. The highest BCUT2D eigenvalue weighted by Crippen LogP contribution is 2.27. The largest absolute Gasteiger partial charge is 0.468 e. The van der Waals surface area contributed by atoms with Crippen molar-refractivity contribution in [3.63, 3.8) is 0 Å². The number of nitrogens with two attached hydrogens (primary N) is 1. The SMILES string of the molecule is COC(=O)C1CCCCN1S(=O)(=O)c1ccc(F)c(N)c1. The van der Waals surface area contributed by atoms with E-state index in [4.69, 9.17) is 5.73 Å². The van der Waals surface area contributed by atoms with Gasteiger partial charge in [-0.2, -0.15) is 4.31 Å². The number of piperidine rings is 1. The second-order valence-electron chi connectivity index (χ2n) is 4.83. The summed E-state index contributed by atoms with van der Waals surface area (Å²) in [4.78, 5) is 11.6. The van der Waals surface area contributed by atoms with Crippen molar-refractivity contribution in [2.24, 2.45) is 0 Å². The van der Waals surface area contributed by atoms with Gasteiger partial charge in [0.1, 0.15) is 11.9 Å². The Bertz CT molecular complexity index is 648. The topological polar surface area (TPSA) is 89.7 Å². The Kier molecular flexibility index (Phi) is 4.48. The second kappa shape index (κ2) is 5.98. The van der Waals surface area contributed by atoms with E-state index >= 15 is 0 Å². The van der Waals surface area contributed by atoms with E-state index in [9.17, 15) is 17.6 Å². The molecule has 1 atom stereocenters. The predicted molar refractivity (Wildman–Crippen MR) is 74.4 cm³/mol. The Hall–Kier alpha value is -1.67. The number of ether oxygens (including phenoxy) is 1. The molecule has 1 unspecified atom stereocenters. The van der Waals surface area contributed by atoms with Crippen LogP contribution in [0, 0.1) is 5.82 Å². The third-order valence-electron chi connectivity index (χ3n) is 3.50. The van der Waals surface area contributed by atoms with Crippen molar-refractivity contribution >= 4 is 21.7 Å². The van der Waals surface area contributed by atoms with Gasteiger partial charge in [-0.05, 0) is 37.5 Å². The lowest BCUT2D eigenvalue weighted by Gasteiger charge is -2.32. The van der Waals surface area contributed by atoms with Gasteiger partial charge in [0.2, 0.25) is 10.0 Å². The molecule has 1 aliphatic rings. The summed E-state index contributed by atoms with van der Waals surface area (Å²) in [5.41, 5.74) is 5.17. The van der Waals surface area contributed by atoms with Gasteiger partial charge in [-0.3, -0.25) is 4.79 Å². The molecule has 1 aromatic carbocycles. The van der Waals surface area contributed by atoms with E-state index < -0.39 is 27.9 Å². The first-order valence-electron chi connectivity index (χ1n) is 6.52. The maximum absolute atomic E-state index is 13.2. The lowest BCUT2D eigenvalue weighted by Crippen LogP contribution is -2.48. The molecule has 0 amide bonds. The van der Waals surface area contributed by atoms with Crippen LogP contribution < -0.4 is 5.73 Å². The summed E-state index contributed by atoms with van der Waals surface area (Å²) < 4.78 is 44.2. The van der Waals surface area contributed by atoms with Crippen molar-refractivity contribution in [3.05, 3.63) is 24.0 Å². The molecule has 21 heavy (non-hydrogen) atoms. The van der Waals surface area contributed by atoms with Crippen molar-refractivity contribution in [2.75, 3.05) is 19.4 Å². The van der Waals surface area contributed by atoms with Crippen LogP contribution in [0.1, 0.15) is 19.3 Å². The molecule has 6 nitrogen and oxygen atoms in total. The second-order valence-corrected chi connectivity index (χ2v) is 6.72. The van der Waals surface area contributed by atoms with E-state index in [1.165, 1.54) is 7.11 Å². The van der Waals surface area contributed by atoms with Crippen LogP contribution in [0.15, 0.2) is 23.1 Å². The van der Waals surface area contributed by atoms with Gasteiger partial charge in [-0.15, -0.1) is 0 Å². The molecule has 1 aliphatic heterocycles. The third-order valence-corrected chi connectivity index (χ3v) is 5.41. The number of sulfonamides is 1. The van der Waals surface area contributed by atoms with Crippen LogP contribution in [0.2, 0.25) is 0 Å². The Morgan fingerprint density at radius 3 is 2.76 bits per heavy atom. The smallest absolute Gasteiger partial charge is 0.324 e. The molecule has 0 saturated carbocycles. The van der Waals surface area contributed by atoms with Gasteiger partial charge in [0.15, 0.2) is 0 Å². The number of carbonyl (C=O) groups excluding carboxylic acids is 1. The molecule has 0 bridgehead atoms. The number of benzene rings is 1. The summed E-state index contributed by atoms with van der Waals surface area (Å²) in [6.07, 6.45) is 1.81. The van der Waals surface area contributed by atoms with Crippen LogP contribution in [0.5, 0.6) is 0 Å². The molecule has 2 N–H and O–H groups in total. The maximum atomic E-state index is 13.2. The van der Waals surface area contributed by atoms with Gasteiger partial charge < -0.3 is 10.5 Å².